The topological polar surface area (TPSA) is 78.1 Å². The second-order valence-corrected chi connectivity index (χ2v) is 10.2. The van der Waals surface area contributed by atoms with E-state index in [-0.39, 0.29) is 6.61 Å². The van der Waals surface area contributed by atoms with Crippen LogP contribution in [0.15, 0.2) is 128 Å². The zero-order valence-corrected chi connectivity index (χ0v) is 23.2. The van der Waals surface area contributed by atoms with Gasteiger partial charge in [-0.05, 0) is 28.8 Å². The third-order valence-electron chi connectivity index (χ3n) is 7.15. The molecule has 212 valence electrons. The normalized spacial score (nSPS) is 13.7. The fourth-order valence-corrected chi connectivity index (χ4v) is 4.99. The highest BCUT2D eigenvalue weighted by Crippen LogP contribution is 2.29. The molecule has 0 bridgehead atoms. The molecule has 0 aliphatic carbocycles. The molecule has 0 aliphatic heterocycles. The number of ether oxygens (including phenoxy) is 3. The van der Waals surface area contributed by atoms with Crippen LogP contribution >= 0.6 is 0 Å². The lowest BCUT2D eigenvalue weighted by Gasteiger charge is -2.31. The second kappa shape index (κ2) is 13.5. The highest BCUT2D eigenvalue weighted by Gasteiger charge is 2.33. The monoisotopic (exact) mass is 559 g/mol. The molecule has 0 fully saturated rings. The van der Waals surface area contributed by atoms with Crippen LogP contribution in [0.1, 0.15) is 28.4 Å². The molecular formula is C35H33N3O4. The van der Waals surface area contributed by atoms with Crippen molar-refractivity contribution < 1.29 is 19.3 Å². The van der Waals surface area contributed by atoms with E-state index in [0.29, 0.717) is 25.6 Å². The molecule has 2 aromatic heterocycles. The summed E-state index contributed by atoms with van der Waals surface area (Å²) in [5, 5.41) is 11.6. The van der Waals surface area contributed by atoms with Crippen molar-refractivity contribution in [1.82, 2.24) is 14.4 Å². The summed E-state index contributed by atoms with van der Waals surface area (Å²) in [5.41, 5.74) is 5.61. The summed E-state index contributed by atoms with van der Waals surface area (Å²) >= 11 is 0. The Labute approximate surface area is 245 Å². The van der Waals surface area contributed by atoms with Crippen LogP contribution in [0, 0.1) is 0 Å². The van der Waals surface area contributed by atoms with Crippen LogP contribution in [-0.4, -0.2) is 38.3 Å². The van der Waals surface area contributed by atoms with Gasteiger partial charge in [-0.3, -0.25) is 4.40 Å². The first-order valence-electron chi connectivity index (χ1n) is 14.1. The molecule has 42 heavy (non-hydrogen) atoms. The number of aromatic nitrogens is 3. The first-order valence-corrected chi connectivity index (χ1v) is 14.1. The molecule has 0 amide bonds. The van der Waals surface area contributed by atoms with Crippen LogP contribution in [-0.2, 0) is 34.0 Å². The summed E-state index contributed by atoms with van der Waals surface area (Å²) in [4.78, 5) is 9.30. The van der Waals surface area contributed by atoms with E-state index in [9.17, 15) is 5.11 Å². The fourth-order valence-electron chi connectivity index (χ4n) is 4.99. The Morgan fingerprint density at radius 2 is 1.24 bits per heavy atom. The molecule has 0 aliphatic rings. The zero-order chi connectivity index (χ0) is 28.6. The number of aliphatic hydroxyl groups excluding tert-OH is 1. The highest BCUT2D eigenvalue weighted by atomic mass is 16.6. The molecule has 7 heteroatoms. The molecule has 6 aromatic rings. The van der Waals surface area contributed by atoms with Crippen molar-refractivity contribution in [3.8, 4) is 0 Å². The molecule has 3 atom stereocenters. The van der Waals surface area contributed by atoms with Crippen molar-refractivity contribution in [2.75, 3.05) is 6.61 Å². The first kappa shape index (κ1) is 27.8. The number of nitrogens with zero attached hydrogens (tertiary/aromatic N) is 3. The molecule has 0 unspecified atom stereocenters. The Balaban J connectivity index is 1.32. The van der Waals surface area contributed by atoms with Crippen molar-refractivity contribution in [2.24, 2.45) is 0 Å². The lowest BCUT2D eigenvalue weighted by molar-refractivity contribution is -0.150. The van der Waals surface area contributed by atoms with E-state index in [0.717, 1.165) is 33.3 Å². The van der Waals surface area contributed by atoms with Gasteiger partial charge in [0.05, 0.1) is 37.5 Å². The molecule has 1 N–H and O–H groups in total. The highest BCUT2D eigenvalue weighted by molar-refractivity contribution is 5.79. The third-order valence-corrected chi connectivity index (χ3v) is 7.15. The number of hydrogen-bond donors (Lipinski definition) is 1. The van der Waals surface area contributed by atoms with Crippen molar-refractivity contribution in [2.45, 2.75) is 38.1 Å². The summed E-state index contributed by atoms with van der Waals surface area (Å²) in [6.45, 7) is 1.09. The van der Waals surface area contributed by atoms with Crippen LogP contribution in [0.5, 0.6) is 0 Å². The predicted octanol–water partition coefficient (Wildman–Crippen LogP) is 6.30. The minimum Gasteiger partial charge on any atom is -0.388 e. The molecule has 0 spiro atoms. The van der Waals surface area contributed by atoms with E-state index in [1.54, 1.807) is 6.20 Å². The Morgan fingerprint density at radius 3 is 1.90 bits per heavy atom. The van der Waals surface area contributed by atoms with E-state index >= 15 is 0 Å². The SMILES string of the molecule is O[C@H](COCc1ccccc1)[C@H](OCc1ccccc1)[C@H](OCc1ccccc1)c1cnc2nc3ccccc3n2c1. The van der Waals surface area contributed by atoms with E-state index in [4.69, 9.17) is 14.2 Å². The van der Waals surface area contributed by atoms with Gasteiger partial charge in [0, 0.05) is 18.0 Å². The maximum absolute atomic E-state index is 11.6. The lowest BCUT2D eigenvalue weighted by atomic mass is 10.0. The molecule has 2 heterocycles. The molecule has 0 saturated carbocycles. The van der Waals surface area contributed by atoms with Gasteiger partial charge in [0.15, 0.2) is 0 Å². The van der Waals surface area contributed by atoms with E-state index < -0.39 is 18.3 Å². The van der Waals surface area contributed by atoms with E-state index in [1.165, 1.54) is 0 Å². The van der Waals surface area contributed by atoms with Crippen LogP contribution in [0.2, 0.25) is 0 Å². The minimum absolute atomic E-state index is 0.0726. The number of rotatable bonds is 13. The summed E-state index contributed by atoms with van der Waals surface area (Å²) in [6.07, 6.45) is 1.35. The van der Waals surface area contributed by atoms with Crippen molar-refractivity contribution >= 4 is 16.8 Å². The van der Waals surface area contributed by atoms with Gasteiger partial charge in [0.2, 0.25) is 5.78 Å². The van der Waals surface area contributed by atoms with Gasteiger partial charge in [-0.15, -0.1) is 0 Å². The van der Waals surface area contributed by atoms with E-state index in [2.05, 4.69) is 9.97 Å². The maximum atomic E-state index is 11.6. The fraction of sp³-hybridized carbons (Fsp3) is 0.200. The Bertz CT molecular complexity index is 1690. The Morgan fingerprint density at radius 1 is 0.667 bits per heavy atom. The summed E-state index contributed by atoms with van der Waals surface area (Å²) in [6, 6.07) is 37.7. The maximum Gasteiger partial charge on any atom is 0.234 e. The standard InChI is InChI=1S/C35H33N3O4/c39-32(25-40-22-26-12-4-1-5-13-26)34(42-24-28-16-8-3-9-17-28)33(41-23-27-14-6-2-7-15-27)29-20-36-35-37-30-18-10-11-19-31(30)38(35)21-29/h1-21,32-34,39H,22-25H2/t32-,33-,34+/m1/s1. The van der Waals surface area contributed by atoms with Gasteiger partial charge in [-0.2, -0.15) is 0 Å². The second-order valence-electron chi connectivity index (χ2n) is 10.2. The van der Waals surface area contributed by atoms with Gasteiger partial charge < -0.3 is 19.3 Å². The van der Waals surface area contributed by atoms with Gasteiger partial charge in [0.25, 0.3) is 0 Å². The zero-order valence-electron chi connectivity index (χ0n) is 23.2. The number of fused-ring (bicyclic) bond motifs is 3. The van der Waals surface area contributed by atoms with Gasteiger partial charge in [-0.25, -0.2) is 9.97 Å². The number of aliphatic hydroxyl groups is 1. The van der Waals surface area contributed by atoms with Gasteiger partial charge in [-0.1, -0.05) is 103 Å². The van der Waals surface area contributed by atoms with E-state index in [1.807, 2.05) is 126 Å². The largest absolute Gasteiger partial charge is 0.388 e. The molecule has 0 saturated heterocycles. The number of benzene rings is 4. The van der Waals surface area contributed by atoms with Crippen molar-refractivity contribution in [3.05, 3.63) is 150 Å². The minimum atomic E-state index is -0.978. The van der Waals surface area contributed by atoms with Crippen molar-refractivity contribution in [3.63, 3.8) is 0 Å². The van der Waals surface area contributed by atoms with Gasteiger partial charge >= 0.3 is 0 Å². The molecule has 0 radical (unpaired) electrons. The molecule has 7 nitrogen and oxygen atoms in total. The molecule has 6 rings (SSSR count). The quantitative estimate of drug-likeness (QED) is 0.179. The van der Waals surface area contributed by atoms with Crippen LogP contribution in [0.4, 0.5) is 0 Å². The smallest absolute Gasteiger partial charge is 0.234 e. The Hall–Kier alpha value is -4.40. The molecular weight excluding hydrogens is 526 g/mol. The Kier molecular flexibility index (Phi) is 8.93. The predicted molar refractivity (Wildman–Crippen MR) is 162 cm³/mol. The molecule has 4 aromatic carbocycles. The van der Waals surface area contributed by atoms with Crippen LogP contribution in [0.25, 0.3) is 16.8 Å². The van der Waals surface area contributed by atoms with Crippen LogP contribution in [0.3, 0.4) is 0 Å². The number of hydrogen-bond acceptors (Lipinski definition) is 6. The summed E-state index contributed by atoms with van der Waals surface area (Å²) in [5.74, 6) is 0.593. The summed E-state index contributed by atoms with van der Waals surface area (Å²) < 4.78 is 21.0. The first-order chi connectivity index (χ1) is 20.7. The lowest BCUT2D eigenvalue weighted by Crippen LogP contribution is -2.39. The number of imidazole rings is 1. The number of para-hydroxylation sites is 2. The summed E-state index contributed by atoms with van der Waals surface area (Å²) in [7, 11) is 0. The van der Waals surface area contributed by atoms with Crippen LogP contribution < -0.4 is 0 Å². The average molecular weight is 560 g/mol. The average Bonchev–Trinajstić information content (AvgIpc) is 3.42. The van der Waals surface area contributed by atoms with Gasteiger partial charge in [0.1, 0.15) is 18.3 Å². The third kappa shape index (κ3) is 6.73. The van der Waals surface area contributed by atoms with Crippen molar-refractivity contribution in [1.29, 1.82) is 0 Å².